The summed E-state index contributed by atoms with van der Waals surface area (Å²) in [6, 6.07) is 11.1. The molecule has 3 aliphatic heterocycles. The summed E-state index contributed by atoms with van der Waals surface area (Å²) in [6.45, 7) is 7.64. The van der Waals surface area contributed by atoms with E-state index in [-0.39, 0.29) is 23.9 Å². The van der Waals surface area contributed by atoms with Gasteiger partial charge in [-0.3, -0.25) is 0 Å². The summed E-state index contributed by atoms with van der Waals surface area (Å²) < 4.78 is 21.6. The first-order valence-electron chi connectivity index (χ1n) is 9.25. The van der Waals surface area contributed by atoms with E-state index in [0.717, 1.165) is 19.4 Å². The summed E-state index contributed by atoms with van der Waals surface area (Å²) in [5.74, 6) is 0. The zero-order valence-corrected chi connectivity index (χ0v) is 15.7. The Morgan fingerprint density at radius 2 is 2.12 bits per heavy atom. The van der Waals surface area contributed by atoms with Crippen LogP contribution >= 0.6 is 8.53 Å². The Morgan fingerprint density at radius 3 is 2.88 bits per heavy atom. The van der Waals surface area contributed by atoms with Crippen LogP contribution in [0.1, 0.15) is 52.0 Å². The fourth-order valence-electron chi connectivity index (χ4n) is 4.38. The van der Waals surface area contributed by atoms with Crippen molar-refractivity contribution < 1.29 is 13.8 Å². The average molecular weight is 349 g/mol. The number of benzene rings is 1. The Kier molecular flexibility index (Phi) is 4.70. The van der Waals surface area contributed by atoms with Crippen molar-refractivity contribution in [1.82, 2.24) is 4.67 Å². The number of hydrogen-bond acceptors (Lipinski definition) is 4. The topological polar surface area (TPSA) is 30.9 Å². The molecule has 4 rings (SSSR count). The highest BCUT2D eigenvalue weighted by molar-refractivity contribution is 7.45. The van der Waals surface area contributed by atoms with Gasteiger partial charge in [-0.1, -0.05) is 37.3 Å². The van der Waals surface area contributed by atoms with Crippen molar-refractivity contribution in [1.29, 1.82) is 0 Å². The first kappa shape index (κ1) is 16.9. The predicted octanol–water partition coefficient (Wildman–Crippen LogP) is 4.60. The van der Waals surface area contributed by atoms with Gasteiger partial charge in [-0.15, -0.1) is 0 Å². The second-order valence-corrected chi connectivity index (χ2v) is 8.78. The molecule has 0 bridgehead atoms. The molecule has 0 aromatic heterocycles. The lowest BCUT2D eigenvalue weighted by Gasteiger charge is -2.29. The minimum absolute atomic E-state index is 0.162. The van der Waals surface area contributed by atoms with E-state index in [4.69, 9.17) is 13.8 Å². The fraction of sp³-hybridized carbons (Fsp3) is 0.684. The quantitative estimate of drug-likeness (QED) is 0.744. The van der Waals surface area contributed by atoms with Crippen LogP contribution in [0.2, 0.25) is 0 Å². The highest BCUT2D eigenvalue weighted by Gasteiger charge is 2.55. The summed E-state index contributed by atoms with van der Waals surface area (Å²) in [5.41, 5.74) is 0.995. The summed E-state index contributed by atoms with van der Waals surface area (Å²) in [5, 5.41) is 0. The number of ether oxygens (including phenoxy) is 1. The molecule has 1 aromatic carbocycles. The lowest BCUT2D eigenvalue weighted by Crippen LogP contribution is -2.36. The van der Waals surface area contributed by atoms with E-state index in [1.807, 2.05) is 0 Å². The van der Waals surface area contributed by atoms with E-state index in [0.29, 0.717) is 6.04 Å². The number of hydrogen-bond donors (Lipinski definition) is 0. The van der Waals surface area contributed by atoms with E-state index >= 15 is 0 Å². The molecule has 0 radical (unpaired) electrons. The molecule has 0 spiro atoms. The van der Waals surface area contributed by atoms with Crippen LogP contribution in [0.25, 0.3) is 0 Å². The van der Waals surface area contributed by atoms with Crippen LogP contribution in [0.4, 0.5) is 0 Å². The van der Waals surface area contributed by atoms with Crippen molar-refractivity contribution in [2.75, 3.05) is 6.54 Å². The maximum Gasteiger partial charge on any atom is 0.260 e. The van der Waals surface area contributed by atoms with Gasteiger partial charge in [-0.25, -0.2) is 4.67 Å². The monoisotopic (exact) mass is 349 g/mol. The summed E-state index contributed by atoms with van der Waals surface area (Å²) in [6.07, 6.45) is 5.04. The standard InChI is InChI=1S/C19H28NO3P/c1-4-16-17(13-14(2)21-16)22-24-20-12-8-11-18(20)19(3,23-24)15-9-6-5-7-10-15/h5-7,9-10,14,16-18H,4,8,11-13H2,1-3H3/t14-,16+,17?,18+,19-,24+/m0/s1. The molecule has 6 atom stereocenters. The molecule has 1 aromatic rings. The molecule has 0 amide bonds. The minimum Gasteiger partial charge on any atom is -0.372 e. The van der Waals surface area contributed by atoms with Gasteiger partial charge in [0.1, 0.15) is 5.60 Å². The number of nitrogens with zero attached hydrogens (tertiary/aromatic N) is 1. The van der Waals surface area contributed by atoms with Crippen molar-refractivity contribution >= 4 is 8.53 Å². The average Bonchev–Trinajstić information content (AvgIpc) is 3.26. The maximum absolute atomic E-state index is 6.60. The largest absolute Gasteiger partial charge is 0.372 e. The second kappa shape index (κ2) is 6.66. The third-order valence-corrected chi connectivity index (χ3v) is 7.58. The molecular formula is C19H28NO3P. The maximum atomic E-state index is 6.60. The van der Waals surface area contributed by atoms with Crippen molar-refractivity contribution in [3.8, 4) is 0 Å². The molecule has 3 aliphatic rings. The van der Waals surface area contributed by atoms with Gasteiger partial charge in [0, 0.05) is 13.0 Å². The van der Waals surface area contributed by atoms with Gasteiger partial charge in [0.25, 0.3) is 8.53 Å². The first-order chi connectivity index (χ1) is 11.6. The van der Waals surface area contributed by atoms with Crippen LogP contribution in [0, 0.1) is 0 Å². The van der Waals surface area contributed by atoms with Crippen molar-refractivity contribution in [2.24, 2.45) is 0 Å². The zero-order valence-electron chi connectivity index (χ0n) is 14.9. The van der Waals surface area contributed by atoms with Crippen LogP contribution in [-0.4, -0.2) is 35.6 Å². The molecule has 24 heavy (non-hydrogen) atoms. The minimum atomic E-state index is -1.01. The Morgan fingerprint density at radius 1 is 1.33 bits per heavy atom. The van der Waals surface area contributed by atoms with Gasteiger partial charge in [0.05, 0.1) is 24.4 Å². The third-order valence-electron chi connectivity index (χ3n) is 5.70. The molecule has 3 heterocycles. The molecular weight excluding hydrogens is 321 g/mol. The van der Waals surface area contributed by atoms with Crippen LogP contribution in [-0.2, 0) is 19.4 Å². The lowest BCUT2D eigenvalue weighted by molar-refractivity contribution is 0.0158. The summed E-state index contributed by atoms with van der Waals surface area (Å²) >= 11 is 0. The van der Waals surface area contributed by atoms with E-state index in [2.05, 4.69) is 55.8 Å². The van der Waals surface area contributed by atoms with E-state index < -0.39 is 8.53 Å². The Hall–Kier alpha value is -0.510. The van der Waals surface area contributed by atoms with Crippen molar-refractivity contribution in [2.45, 2.75) is 76.4 Å². The Labute approximate surface area is 146 Å². The first-order valence-corrected chi connectivity index (χ1v) is 10.4. The van der Waals surface area contributed by atoms with Crippen LogP contribution in [0.5, 0.6) is 0 Å². The molecule has 132 valence electrons. The molecule has 0 N–H and O–H groups in total. The zero-order chi connectivity index (χ0) is 16.7. The Balaban J connectivity index is 1.55. The molecule has 5 heteroatoms. The van der Waals surface area contributed by atoms with Crippen LogP contribution < -0.4 is 0 Å². The molecule has 0 saturated carbocycles. The second-order valence-electron chi connectivity index (χ2n) is 7.40. The van der Waals surface area contributed by atoms with Gasteiger partial charge >= 0.3 is 0 Å². The fourth-order valence-corrected chi connectivity index (χ4v) is 6.53. The molecule has 0 aliphatic carbocycles. The van der Waals surface area contributed by atoms with Gasteiger partial charge < -0.3 is 13.8 Å². The number of fused-ring (bicyclic) bond motifs is 1. The van der Waals surface area contributed by atoms with E-state index in [1.54, 1.807) is 0 Å². The highest BCUT2D eigenvalue weighted by atomic mass is 31.2. The van der Waals surface area contributed by atoms with Gasteiger partial charge in [0.15, 0.2) is 0 Å². The highest BCUT2D eigenvalue weighted by Crippen LogP contribution is 2.63. The predicted molar refractivity (Wildman–Crippen MR) is 95.6 cm³/mol. The summed E-state index contributed by atoms with van der Waals surface area (Å²) in [4.78, 5) is 0. The normalized spacial score (nSPS) is 42.5. The van der Waals surface area contributed by atoms with Gasteiger partial charge in [-0.2, -0.15) is 0 Å². The molecule has 1 unspecified atom stereocenters. The SMILES string of the molecule is CC[C@H]1O[C@@H](C)CC1O[P@]1O[C@@](C)(c2ccccc2)[C@H]2CCCN21. The van der Waals surface area contributed by atoms with Gasteiger partial charge in [-0.05, 0) is 38.7 Å². The Bertz CT molecular complexity index is 571. The number of rotatable bonds is 4. The summed E-state index contributed by atoms with van der Waals surface area (Å²) in [7, 11) is -1.01. The van der Waals surface area contributed by atoms with E-state index in [9.17, 15) is 0 Å². The molecule has 4 nitrogen and oxygen atoms in total. The van der Waals surface area contributed by atoms with Crippen molar-refractivity contribution in [3.63, 3.8) is 0 Å². The van der Waals surface area contributed by atoms with E-state index in [1.165, 1.54) is 18.4 Å². The smallest absolute Gasteiger partial charge is 0.260 e. The van der Waals surface area contributed by atoms with Gasteiger partial charge in [0.2, 0.25) is 0 Å². The molecule has 3 fully saturated rings. The van der Waals surface area contributed by atoms with Crippen LogP contribution in [0.15, 0.2) is 30.3 Å². The third kappa shape index (κ3) is 2.83. The lowest BCUT2D eigenvalue weighted by atomic mass is 9.87. The molecule has 3 saturated heterocycles. The van der Waals surface area contributed by atoms with Crippen molar-refractivity contribution in [3.05, 3.63) is 35.9 Å². The van der Waals surface area contributed by atoms with Crippen LogP contribution in [0.3, 0.4) is 0 Å².